The fraction of sp³-hybridized carbons (Fsp3) is 0.450. The molecule has 0 aliphatic carbocycles. The molecule has 0 fully saturated rings. The number of carbonyl (C=O) groups excluding carboxylic acids is 2. The predicted octanol–water partition coefficient (Wildman–Crippen LogP) is 3.70. The first-order valence-corrected chi connectivity index (χ1v) is 13.1. The second kappa shape index (κ2) is 11.1. The van der Waals surface area contributed by atoms with Gasteiger partial charge in [-0.15, -0.1) is 11.3 Å². The summed E-state index contributed by atoms with van der Waals surface area (Å²) in [6, 6.07) is 3.07. The van der Waals surface area contributed by atoms with Crippen LogP contribution in [0, 0.1) is 13.8 Å². The highest BCUT2D eigenvalue weighted by Crippen LogP contribution is 2.33. The molecule has 2 aromatic heterocycles. The van der Waals surface area contributed by atoms with Gasteiger partial charge in [0.15, 0.2) is 0 Å². The van der Waals surface area contributed by atoms with E-state index in [0.717, 1.165) is 10.4 Å². The van der Waals surface area contributed by atoms with Gasteiger partial charge in [0.1, 0.15) is 9.90 Å². The van der Waals surface area contributed by atoms with Crippen LogP contribution in [-0.4, -0.2) is 55.0 Å². The number of anilines is 1. The number of rotatable bonds is 10. The SMILES string of the molecule is CCOC(=O)c1c(NC(=O)CSc2ccc(S(=O)(=O)N(CC)CC)cn2)sc(C)c1C. The summed E-state index contributed by atoms with van der Waals surface area (Å²) in [6.07, 6.45) is 1.30. The molecule has 0 saturated heterocycles. The molecule has 11 heteroatoms. The van der Waals surface area contributed by atoms with Gasteiger partial charge in [-0.3, -0.25) is 4.79 Å². The van der Waals surface area contributed by atoms with Gasteiger partial charge in [-0.25, -0.2) is 18.2 Å². The summed E-state index contributed by atoms with van der Waals surface area (Å²) in [5.74, 6) is -0.690. The first-order valence-electron chi connectivity index (χ1n) is 9.81. The molecular formula is C20H27N3O5S3. The minimum atomic E-state index is -3.57. The number of aromatic nitrogens is 1. The van der Waals surface area contributed by atoms with Gasteiger partial charge < -0.3 is 10.1 Å². The van der Waals surface area contributed by atoms with Crippen LogP contribution in [0.15, 0.2) is 28.3 Å². The van der Waals surface area contributed by atoms with E-state index in [2.05, 4.69) is 10.3 Å². The van der Waals surface area contributed by atoms with Gasteiger partial charge in [-0.1, -0.05) is 25.6 Å². The Hall–Kier alpha value is -1.95. The van der Waals surface area contributed by atoms with E-state index in [1.54, 1.807) is 26.8 Å². The molecule has 1 amide bonds. The molecule has 0 aliphatic rings. The fourth-order valence-corrected chi connectivity index (χ4v) is 5.89. The molecule has 1 N–H and O–H groups in total. The molecule has 2 heterocycles. The number of amides is 1. The second-order valence-electron chi connectivity index (χ2n) is 6.47. The Kier molecular flexibility index (Phi) is 9.04. The van der Waals surface area contributed by atoms with E-state index in [4.69, 9.17) is 4.74 Å². The van der Waals surface area contributed by atoms with Crippen molar-refractivity contribution in [2.24, 2.45) is 0 Å². The Bertz CT molecular complexity index is 1030. The average Bonchev–Trinajstić information content (AvgIpc) is 3.00. The first-order chi connectivity index (χ1) is 14.6. The number of nitrogens with one attached hydrogen (secondary N) is 1. The zero-order valence-electron chi connectivity index (χ0n) is 18.2. The van der Waals surface area contributed by atoms with Gasteiger partial charge in [0, 0.05) is 24.2 Å². The van der Waals surface area contributed by atoms with Crippen LogP contribution in [0.3, 0.4) is 0 Å². The van der Waals surface area contributed by atoms with Crippen molar-refractivity contribution in [1.29, 1.82) is 0 Å². The maximum atomic E-state index is 12.5. The molecule has 0 atom stereocenters. The number of carbonyl (C=O) groups is 2. The molecule has 0 bridgehead atoms. The van der Waals surface area contributed by atoms with E-state index in [9.17, 15) is 18.0 Å². The summed E-state index contributed by atoms with van der Waals surface area (Å²) >= 11 is 2.51. The van der Waals surface area contributed by atoms with Crippen LogP contribution in [-0.2, 0) is 19.6 Å². The van der Waals surface area contributed by atoms with Crippen molar-refractivity contribution in [2.45, 2.75) is 44.5 Å². The highest BCUT2D eigenvalue weighted by atomic mass is 32.2. The zero-order valence-corrected chi connectivity index (χ0v) is 20.7. The quantitative estimate of drug-likeness (QED) is 0.404. The highest BCUT2D eigenvalue weighted by Gasteiger charge is 2.23. The molecule has 0 spiro atoms. The molecule has 0 saturated carbocycles. The number of aryl methyl sites for hydroxylation is 1. The molecule has 0 radical (unpaired) electrons. The molecule has 2 rings (SSSR count). The lowest BCUT2D eigenvalue weighted by atomic mass is 10.1. The van der Waals surface area contributed by atoms with Gasteiger partial charge in [0.2, 0.25) is 15.9 Å². The monoisotopic (exact) mass is 485 g/mol. The van der Waals surface area contributed by atoms with Gasteiger partial charge >= 0.3 is 5.97 Å². The zero-order chi connectivity index (χ0) is 23.2. The van der Waals surface area contributed by atoms with Crippen LogP contribution in [0.4, 0.5) is 5.00 Å². The summed E-state index contributed by atoms with van der Waals surface area (Å²) in [7, 11) is -3.57. The number of esters is 1. The third-order valence-electron chi connectivity index (χ3n) is 4.52. The number of thioether (sulfide) groups is 1. The Morgan fingerprint density at radius 1 is 1.19 bits per heavy atom. The van der Waals surface area contributed by atoms with Crippen LogP contribution in [0.5, 0.6) is 0 Å². The Morgan fingerprint density at radius 2 is 1.87 bits per heavy atom. The van der Waals surface area contributed by atoms with E-state index in [1.807, 2.05) is 13.8 Å². The number of pyridine rings is 1. The van der Waals surface area contributed by atoms with Crippen molar-refractivity contribution >= 4 is 50.0 Å². The molecule has 8 nitrogen and oxygen atoms in total. The summed E-state index contributed by atoms with van der Waals surface area (Å²) < 4.78 is 31.5. The van der Waals surface area contributed by atoms with E-state index in [0.29, 0.717) is 28.7 Å². The third kappa shape index (κ3) is 6.06. The number of hydrogen-bond donors (Lipinski definition) is 1. The molecule has 170 valence electrons. The lowest BCUT2D eigenvalue weighted by molar-refractivity contribution is -0.113. The number of nitrogens with zero attached hydrogens (tertiary/aromatic N) is 2. The first kappa shape index (κ1) is 25.3. The fourth-order valence-electron chi connectivity index (χ4n) is 2.78. The molecule has 0 unspecified atom stereocenters. The van der Waals surface area contributed by atoms with Crippen molar-refractivity contribution in [3.63, 3.8) is 0 Å². The Morgan fingerprint density at radius 3 is 2.42 bits per heavy atom. The predicted molar refractivity (Wildman–Crippen MR) is 123 cm³/mol. The molecule has 31 heavy (non-hydrogen) atoms. The van der Waals surface area contributed by atoms with Crippen LogP contribution in [0.25, 0.3) is 0 Å². The number of ether oxygens (including phenoxy) is 1. The van der Waals surface area contributed by atoms with Gasteiger partial charge in [0.05, 0.1) is 22.9 Å². The van der Waals surface area contributed by atoms with Crippen LogP contribution in [0.2, 0.25) is 0 Å². The van der Waals surface area contributed by atoms with Crippen LogP contribution < -0.4 is 5.32 Å². The average molecular weight is 486 g/mol. The molecule has 0 aromatic carbocycles. The lowest BCUT2D eigenvalue weighted by Gasteiger charge is -2.18. The van der Waals surface area contributed by atoms with Crippen molar-refractivity contribution in [3.8, 4) is 0 Å². The van der Waals surface area contributed by atoms with Gasteiger partial charge in [0.25, 0.3) is 0 Å². The molecular weight excluding hydrogens is 458 g/mol. The van der Waals surface area contributed by atoms with E-state index in [1.165, 1.54) is 39.7 Å². The summed E-state index contributed by atoms with van der Waals surface area (Å²) in [4.78, 5) is 29.9. The Balaban J connectivity index is 2.04. The minimum Gasteiger partial charge on any atom is -0.462 e. The summed E-state index contributed by atoms with van der Waals surface area (Å²) in [5.41, 5.74) is 1.17. The van der Waals surface area contributed by atoms with E-state index in [-0.39, 0.29) is 23.2 Å². The molecule has 0 aliphatic heterocycles. The Labute approximate surface area is 191 Å². The minimum absolute atomic E-state index is 0.0629. The van der Waals surface area contributed by atoms with Crippen molar-refractivity contribution in [3.05, 3.63) is 34.3 Å². The topological polar surface area (TPSA) is 106 Å². The maximum Gasteiger partial charge on any atom is 0.341 e. The number of sulfonamides is 1. The van der Waals surface area contributed by atoms with E-state index >= 15 is 0 Å². The van der Waals surface area contributed by atoms with Crippen molar-refractivity contribution in [1.82, 2.24) is 9.29 Å². The van der Waals surface area contributed by atoms with Crippen molar-refractivity contribution < 1.29 is 22.7 Å². The van der Waals surface area contributed by atoms with Gasteiger partial charge in [-0.2, -0.15) is 4.31 Å². The standard InChI is InChI=1S/C20H27N3O5S3/c1-6-23(7-2)31(26,27)15-9-10-17(21-11-15)29-12-16(24)22-19-18(20(25)28-8-3)13(4)14(5)30-19/h9-11H,6-8,12H2,1-5H3,(H,22,24). The van der Waals surface area contributed by atoms with Crippen LogP contribution in [0.1, 0.15) is 41.6 Å². The van der Waals surface area contributed by atoms with Crippen LogP contribution >= 0.6 is 23.1 Å². The van der Waals surface area contributed by atoms with E-state index < -0.39 is 16.0 Å². The largest absolute Gasteiger partial charge is 0.462 e. The summed E-state index contributed by atoms with van der Waals surface area (Å²) in [6.45, 7) is 10.00. The normalized spacial score (nSPS) is 11.5. The summed E-state index contributed by atoms with van der Waals surface area (Å²) in [5, 5.41) is 3.77. The number of thiophene rings is 1. The lowest BCUT2D eigenvalue weighted by Crippen LogP contribution is -2.30. The van der Waals surface area contributed by atoms with Crippen molar-refractivity contribution in [2.75, 3.05) is 30.8 Å². The third-order valence-corrected chi connectivity index (χ3v) is 8.62. The smallest absolute Gasteiger partial charge is 0.341 e. The molecule has 2 aromatic rings. The maximum absolute atomic E-state index is 12.5. The highest BCUT2D eigenvalue weighted by molar-refractivity contribution is 7.99. The van der Waals surface area contributed by atoms with Gasteiger partial charge in [-0.05, 0) is 38.5 Å². The second-order valence-corrected chi connectivity index (χ2v) is 10.6. The number of hydrogen-bond acceptors (Lipinski definition) is 8.